The average molecular weight is 412 g/mol. The molecule has 0 atom stereocenters. The van der Waals surface area contributed by atoms with E-state index in [4.69, 9.17) is 0 Å². The minimum atomic E-state index is -1.27. The Morgan fingerprint density at radius 2 is 1.00 bits per heavy atom. The molecule has 8 nitrogen and oxygen atoms in total. The highest BCUT2D eigenvalue weighted by Crippen LogP contribution is 2.48. The van der Waals surface area contributed by atoms with Crippen LogP contribution >= 0.6 is 0 Å². The van der Waals surface area contributed by atoms with Gasteiger partial charge in [-0.2, -0.15) is 0 Å². The molecule has 0 aromatic heterocycles. The molecule has 30 heavy (non-hydrogen) atoms. The Kier molecular flexibility index (Phi) is 5.60. The maximum atomic E-state index is 12.0. The number of aromatic carboxylic acids is 4. The van der Waals surface area contributed by atoms with E-state index in [0.29, 0.717) is 25.7 Å². The normalized spacial score (nSPS) is 15.3. The van der Waals surface area contributed by atoms with Gasteiger partial charge in [-0.1, -0.05) is 19.3 Å². The van der Waals surface area contributed by atoms with E-state index < -0.39 is 29.3 Å². The molecule has 0 aliphatic heterocycles. The summed E-state index contributed by atoms with van der Waals surface area (Å²) in [5.41, 5.74) is -1.23. The van der Waals surface area contributed by atoms with Crippen molar-refractivity contribution in [3.8, 4) is 0 Å². The molecule has 2 aromatic carbocycles. The summed E-state index contributed by atoms with van der Waals surface area (Å²) in [6.45, 7) is 0. The van der Waals surface area contributed by atoms with Crippen molar-refractivity contribution in [1.82, 2.24) is 0 Å². The lowest BCUT2D eigenvalue weighted by atomic mass is 9.62. The molecule has 1 aliphatic carbocycles. The van der Waals surface area contributed by atoms with Crippen molar-refractivity contribution >= 4 is 23.9 Å². The van der Waals surface area contributed by atoms with E-state index in [2.05, 4.69) is 0 Å². The van der Waals surface area contributed by atoms with E-state index in [9.17, 15) is 39.6 Å². The molecule has 3 rings (SSSR count). The van der Waals surface area contributed by atoms with Crippen molar-refractivity contribution in [2.24, 2.45) is 0 Å². The van der Waals surface area contributed by atoms with Crippen LogP contribution < -0.4 is 0 Å². The van der Waals surface area contributed by atoms with E-state index in [1.165, 1.54) is 36.4 Å². The first-order valence-electron chi connectivity index (χ1n) is 9.39. The van der Waals surface area contributed by atoms with Crippen molar-refractivity contribution in [3.05, 3.63) is 69.8 Å². The summed E-state index contributed by atoms with van der Waals surface area (Å²) in [6, 6.07) is 7.35. The van der Waals surface area contributed by atoms with E-state index >= 15 is 0 Å². The lowest BCUT2D eigenvalue weighted by Crippen LogP contribution is -2.34. The zero-order valence-electron chi connectivity index (χ0n) is 15.9. The minimum absolute atomic E-state index is 0.119. The van der Waals surface area contributed by atoms with Crippen molar-refractivity contribution in [1.29, 1.82) is 0 Å². The predicted molar refractivity (Wildman–Crippen MR) is 105 cm³/mol. The highest BCUT2D eigenvalue weighted by molar-refractivity contribution is 5.96. The average Bonchev–Trinajstić information content (AvgIpc) is 2.73. The maximum Gasteiger partial charge on any atom is 0.335 e. The summed E-state index contributed by atoms with van der Waals surface area (Å²) in [5.74, 6) is -5.01. The maximum absolute atomic E-state index is 12.0. The fourth-order valence-corrected chi connectivity index (χ4v) is 4.36. The van der Waals surface area contributed by atoms with Gasteiger partial charge in [0.15, 0.2) is 0 Å². The van der Waals surface area contributed by atoms with Gasteiger partial charge in [0.2, 0.25) is 0 Å². The highest BCUT2D eigenvalue weighted by Gasteiger charge is 2.41. The van der Waals surface area contributed by atoms with Crippen molar-refractivity contribution in [3.63, 3.8) is 0 Å². The second-order valence-electron chi connectivity index (χ2n) is 7.38. The van der Waals surface area contributed by atoms with E-state index in [0.717, 1.165) is 6.42 Å². The molecule has 0 radical (unpaired) electrons. The van der Waals surface area contributed by atoms with Gasteiger partial charge in [0.1, 0.15) is 0 Å². The quantitative estimate of drug-likeness (QED) is 0.561. The molecule has 0 heterocycles. The van der Waals surface area contributed by atoms with E-state index in [1.807, 2.05) is 0 Å². The molecule has 0 bridgehead atoms. The molecule has 1 aliphatic rings. The number of hydrogen-bond donors (Lipinski definition) is 4. The van der Waals surface area contributed by atoms with Gasteiger partial charge in [0.05, 0.1) is 22.3 Å². The van der Waals surface area contributed by atoms with Crippen molar-refractivity contribution in [2.45, 2.75) is 37.5 Å². The molecule has 0 spiro atoms. The molecule has 156 valence electrons. The molecule has 4 N–H and O–H groups in total. The standard InChI is InChI=1S/C22H20O8/c23-18(24)12-4-6-14(20(27)28)16(10-12)22(8-2-1-3-9-22)17-11-13(19(25)26)5-7-15(17)21(29)30/h4-7,10-11H,1-3,8-9H2,(H,23,24)(H,25,26)(H,27,28)(H,29,30). The third kappa shape index (κ3) is 3.63. The Balaban J connectivity index is 2.41. The molecule has 0 unspecified atom stereocenters. The summed E-state index contributed by atoms with van der Waals surface area (Å²) in [7, 11) is 0. The highest BCUT2D eigenvalue weighted by atomic mass is 16.4. The first-order chi connectivity index (χ1) is 14.2. The number of rotatable bonds is 6. The lowest BCUT2D eigenvalue weighted by Gasteiger charge is -2.40. The second kappa shape index (κ2) is 7.98. The van der Waals surface area contributed by atoms with Gasteiger partial charge in [-0.05, 0) is 60.4 Å². The minimum Gasteiger partial charge on any atom is -0.478 e. The summed E-state index contributed by atoms with van der Waals surface area (Å²) < 4.78 is 0. The van der Waals surface area contributed by atoms with Crippen LogP contribution in [-0.2, 0) is 5.41 Å². The third-order valence-corrected chi connectivity index (χ3v) is 5.73. The Labute approximate surface area is 171 Å². The van der Waals surface area contributed by atoms with Crippen LogP contribution in [-0.4, -0.2) is 44.3 Å². The number of carbonyl (C=O) groups is 4. The van der Waals surface area contributed by atoms with Crippen LogP contribution in [0.25, 0.3) is 0 Å². The Hall–Kier alpha value is -3.68. The zero-order valence-corrected chi connectivity index (χ0v) is 15.9. The van der Waals surface area contributed by atoms with Crippen molar-refractivity contribution in [2.75, 3.05) is 0 Å². The molecule has 2 aromatic rings. The molecule has 0 amide bonds. The van der Waals surface area contributed by atoms with Gasteiger partial charge < -0.3 is 20.4 Å². The first-order valence-corrected chi connectivity index (χ1v) is 9.39. The Morgan fingerprint density at radius 1 is 0.600 bits per heavy atom. The molecular weight excluding hydrogens is 392 g/mol. The van der Waals surface area contributed by atoms with Crippen LogP contribution in [0, 0.1) is 0 Å². The third-order valence-electron chi connectivity index (χ3n) is 5.73. The first kappa shape index (κ1) is 21.0. The summed E-state index contributed by atoms with van der Waals surface area (Å²) in [6.07, 6.45) is 2.92. The lowest BCUT2D eigenvalue weighted by molar-refractivity contribution is 0.0675. The van der Waals surface area contributed by atoms with E-state index in [-0.39, 0.29) is 33.4 Å². The smallest absolute Gasteiger partial charge is 0.335 e. The van der Waals surface area contributed by atoms with Crippen LogP contribution in [0.2, 0.25) is 0 Å². The number of hydrogen-bond acceptors (Lipinski definition) is 4. The van der Waals surface area contributed by atoms with Crippen LogP contribution in [0.15, 0.2) is 36.4 Å². The fraction of sp³-hybridized carbons (Fsp3) is 0.273. The summed E-state index contributed by atoms with van der Waals surface area (Å²) >= 11 is 0. The molecular formula is C22H20O8. The summed E-state index contributed by atoms with van der Waals surface area (Å²) in [5, 5.41) is 38.4. The predicted octanol–water partition coefficient (Wildman–Crippen LogP) is 3.73. The van der Waals surface area contributed by atoms with Gasteiger partial charge in [0, 0.05) is 5.41 Å². The summed E-state index contributed by atoms with van der Waals surface area (Å²) in [4.78, 5) is 47.0. The topological polar surface area (TPSA) is 149 Å². The zero-order chi connectivity index (χ0) is 22.1. The van der Waals surface area contributed by atoms with Gasteiger partial charge in [-0.3, -0.25) is 0 Å². The van der Waals surface area contributed by atoms with Crippen LogP contribution in [0.4, 0.5) is 0 Å². The van der Waals surface area contributed by atoms with Gasteiger partial charge in [-0.15, -0.1) is 0 Å². The van der Waals surface area contributed by atoms with Crippen LogP contribution in [0.1, 0.15) is 84.7 Å². The van der Waals surface area contributed by atoms with Crippen molar-refractivity contribution < 1.29 is 39.6 Å². The molecule has 1 saturated carbocycles. The van der Waals surface area contributed by atoms with Crippen LogP contribution in [0.5, 0.6) is 0 Å². The fourth-order valence-electron chi connectivity index (χ4n) is 4.36. The van der Waals surface area contributed by atoms with Gasteiger partial charge in [0.25, 0.3) is 0 Å². The molecule has 8 heteroatoms. The monoisotopic (exact) mass is 412 g/mol. The number of benzene rings is 2. The molecule has 1 fully saturated rings. The number of carboxylic acids is 4. The van der Waals surface area contributed by atoms with E-state index in [1.54, 1.807) is 0 Å². The van der Waals surface area contributed by atoms with Crippen LogP contribution in [0.3, 0.4) is 0 Å². The van der Waals surface area contributed by atoms with Gasteiger partial charge in [-0.25, -0.2) is 19.2 Å². The largest absolute Gasteiger partial charge is 0.478 e. The molecule has 0 saturated heterocycles. The Morgan fingerprint density at radius 3 is 1.33 bits per heavy atom. The number of carboxylic acid groups (broad SMARTS) is 4. The SMILES string of the molecule is O=C(O)c1ccc(C(=O)O)c(C2(c3cc(C(=O)O)ccc3C(=O)O)CCCCC2)c1. The van der Waals surface area contributed by atoms with Gasteiger partial charge >= 0.3 is 23.9 Å². The Bertz CT molecular complexity index is 970. The second-order valence-corrected chi connectivity index (χ2v) is 7.38.